The SMILES string of the molecule is Cc1cc(NC(=O)CN2CCO[C@@H](c3nccs3)C2)no1. The van der Waals surface area contributed by atoms with Crippen LogP contribution in [0, 0.1) is 6.92 Å². The van der Waals surface area contributed by atoms with Crippen LogP contribution in [-0.2, 0) is 9.53 Å². The van der Waals surface area contributed by atoms with Crippen molar-refractivity contribution in [3.63, 3.8) is 0 Å². The number of morpholine rings is 1. The van der Waals surface area contributed by atoms with Gasteiger partial charge >= 0.3 is 0 Å². The quantitative estimate of drug-likeness (QED) is 0.921. The number of hydrogen-bond acceptors (Lipinski definition) is 7. The van der Waals surface area contributed by atoms with Crippen molar-refractivity contribution in [3.05, 3.63) is 28.4 Å². The second-order valence-electron chi connectivity index (χ2n) is 4.84. The highest BCUT2D eigenvalue weighted by Gasteiger charge is 2.25. The lowest BCUT2D eigenvalue weighted by Gasteiger charge is -2.31. The molecule has 0 saturated carbocycles. The Morgan fingerprint density at radius 3 is 3.24 bits per heavy atom. The molecule has 0 radical (unpaired) electrons. The summed E-state index contributed by atoms with van der Waals surface area (Å²) in [7, 11) is 0. The molecule has 112 valence electrons. The van der Waals surface area contributed by atoms with E-state index in [1.165, 1.54) is 0 Å². The van der Waals surface area contributed by atoms with Crippen molar-refractivity contribution >= 4 is 23.1 Å². The number of nitrogens with zero attached hydrogens (tertiary/aromatic N) is 3. The van der Waals surface area contributed by atoms with Crippen molar-refractivity contribution in [2.45, 2.75) is 13.0 Å². The van der Waals surface area contributed by atoms with Crippen LogP contribution in [0.25, 0.3) is 0 Å². The maximum absolute atomic E-state index is 12.0. The van der Waals surface area contributed by atoms with Crippen LogP contribution in [0.2, 0.25) is 0 Å². The maximum Gasteiger partial charge on any atom is 0.239 e. The standard InChI is InChI=1S/C13H16N4O3S/c1-9-6-11(16-20-9)15-12(18)8-17-3-4-19-10(7-17)13-14-2-5-21-13/h2,5-6,10H,3-4,7-8H2,1H3,(H,15,16,18)/t10-/m1/s1. The highest BCUT2D eigenvalue weighted by Crippen LogP contribution is 2.23. The number of aromatic nitrogens is 2. The van der Waals surface area contributed by atoms with Crippen LogP contribution < -0.4 is 5.32 Å². The molecular weight excluding hydrogens is 292 g/mol. The van der Waals surface area contributed by atoms with E-state index < -0.39 is 0 Å². The summed E-state index contributed by atoms with van der Waals surface area (Å²) in [5, 5.41) is 9.35. The van der Waals surface area contributed by atoms with Crippen LogP contribution in [0.15, 0.2) is 22.2 Å². The minimum Gasteiger partial charge on any atom is -0.368 e. The first-order valence-electron chi connectivity index (χ1n) is 6.67. The highest BCUT2D eigenvalue weighted by molar-refractivity contribution is 7.09. The topological polar surface area (TPSA) is 80.5 Å². The van der Waals surface area contributed by atoms with Crippen LogP contribution in [-0.4, -0.2) is 47.2 Å². The number of anilines is 1. The molecule has 1 fully saturated rings. The van der Waals surface area contributed by atoms with E-state index >= 15 is 0 Å². The summed E-state index contributed by atoms with van der Waals surface area (Å²) in [6.07, 6.45) is 1.71. The Hall–Kier alpha value is -1.77. The molecule has 8 heteroatoms. The van der Waals surface area contributed by atoms with Crippen LogP contribution in [0.3, 0.4) is 0 Å². The second-order valence-corrected chi connectivity index (χ2v) is 5.76. The van der Waals surface area contributed by atoms with Gasteiger partial charge in [0.05, 0.1) is 13.2 Å². The molecule has 0 unspecified atom stereocenters. The Kier molecular flexibility index (Phi) is 4.28. The monoisotopic (exact) mass is 308 g/mol. The zero-order valence-electron chi connectivity index (χ0n) is 11.6. The Morgan fingerprint density at radius 2 is 2.52 bits per heavy atom. The lowest BCUT2D eigenvalue weighted by atomic mass is 10.3. The van der Waals surface area contributed by atoms with E-state index in [0.29, 0.717) is 31.3 Å². The fourth-order valence-corrected chi connectivity index (χ4v) is 2.88. The summed E-state index contributed by atoms with van der Waals surface area (Å²) >= 11 is 1.57. The molecule has 2 aromatic rings. The zero-order valence-corrected chi connectivity index (χ0v) is 12.4. The largest absolute Gasteiger partial charge is 0.368 e. The zero-order chi connectivity index (χ0) is 14.7. The number of nitrogens with one attached hydrogen (secondary N) is 1. The van der Waals surface area contributed by atoms with E-state index in [9.17, 15) is 4.79 Å². The fourth-order valence-electron chi connectivity index (χ4n) is 2.20. The third-order valence-electron chi connectivity index (χ3n) is 3.14. The van der Waals surface area contributed by atoms with Crippen molar-refractivity contribution in [1.82, 2.24) is 15.0 Å². The molecule has 0 aliphatic carbocycles. The molecule has 0 aromatic carbocycles. The molecule has 0 spiro atoms. The molecule has 1 atom stereocenters. The van der Waals surface area contributed by atoms with Crippen LogP contribution in [0.1, 0.15) is 16.9 Å². The average molecular weight is 308 g/mol. The summed E-state index contributed by atoms with van der Waals surface area (Å²) in [5.41, 5.74) is 0. The predicted molar refractivity (Wildman–Crippen MR) is 77.1 cm³/mol. The van der Waals surface area contributed by atoms with Gasteiger partial charge in [0.2, 0.25) is 5.91 Å². The normalized spacial score (nSPS) is 19.6. The Morgan fingerprint density at radius 1 is 1.62 bits per heavy atom. The first-order chi connectivity index (χ1) is 10.2. The minimum atomic E-state index is -0.108. The summed E-state index contributed by atoms with van der Waals surface area (Å²) in [6.45, 7) is 4.08. The Labute approximate surface area is 125 Å². The van der Waals surface area contributed by atoms with Crippen LogP contribution >= 0.6 is 11.3 Å². The van der Waals surface area contributed by atoms with Gasteiger partial charge in [-0.15, -0.1) is 11.3 Å². The van der Waals surface area contributed by atoms with Gasteiger partial charge < -0.3 is 14.6 Å². The van der Waals surface area contributed by atoms with Crippen molar-refractivity contribution in [2.75, 3.05) is 31.6 Å². The fraction of sp³-hybridized carbons (Fsp3) is 0.462. The molecular formula is C13H16N4O3S. The molecule has 3 heterocycles. The van der Waals surface area contributed by atoms with Crippen molar-refractivity contribution in [3.8, 4) is 0 Å². The van der Waals surface area contributed by atoms with Gasteiger partial charge in [-0.25, -0.2) is 4.98 Å². The van der Waals surface area contributed by atoms with Gasteiger partial charge in [-0.1, -0.05) is 5.16 Å². The van der Waals surface area contributed by atoms with Crippen molar-refractivity contribution in [2.24, 2.45) is 0 Å². The number of thiazole rings is 1. The Bertz CT molecular complexity index is 598. The number of carbonyl (C=O) groups excluding carboxylic acids is 1. The average Bonchev–Trinajstić information content (AvgIpc) is 3.11. The van der Waals surface area contributed by atoms with Gasteiger partial charge in [-0.05, 0) is 6.92 Å². The van der Waals surface area contributed by atoms with E-state index in [2.05, 4.69) is 20.4 Å². The number of aryl methyl sites for hydroxylation is 1. The van der Waals surface area contributed by atoms with Gasteiger partial charge in [-0.3, -0.25) is 9.69 Å². The van der Waals surface area contributed by atoms with E-state index in [4.69, 9.17) is 9.26 Å². The lowest BCUT2D eigenvalue weighted by Crippen LogP contribution is -2.42. The van der Waals surface area contributed by atoms with E-state index in [0.717, 1.165) is 11.6 Å². The lowest BCUT2D eigenvalue weighted by molar-refractivity contribution is -0.119. The summed E-state index contributed by atoms with van der Waals surface area (Å²) in [6, 6.07) is 1.69. The summed E-state index contributed by atoms with van der Waals surface area (Å²) in [4.78, 5) is 18.3. The first-order valence-corrected chi connectivity index (χ1v) is 7.55. The van der Waals surface area contributed by atoms with Gasteiger partial charge in [0.15, 0.2) is 5.82 Å². The van der Waals surface area contributed by atoms with E-state index in [-0.39, 0.29) is 12.0 Å². The van der Waals surface area contributed by atoms with E-state index in [1.807, 2.05) is 5.38 Å². The highest BCUT2D eigenvalue weighted by atomic mass is 32.1. The smallest absolute Gasteiger partial charge is 0.239 e. The molecule has 1 aliphatic heterocycles. The molecule has 1 amide bonds. The van der Waals surface area contributed by atoms with Crippen LogP contribution in [0.4, 0.5) is 5.82 Å². The number of hydrogen-bond donors (Lipinski definition) is 1. The number of ether oxygens (including phenoxy) is 1. The molecule has 0 bridgehead atoms. The van der Waals surface area contributed by atoms with Crippen LogP contribution in [0.5, 0.6) is 0 Å². The molecule has 1 N–H and O–H groups in total. The minimum absolute atomic E-state index is 0.0548. The summed E-state index contributed by atoms with van der Waals surface area (Å²) in [5.74, 6) is 1.01. The molecule has 21 heavy (non-hydrogen) atoms. The van der Waals surface area contributed by atoms with Crippen molar-refractivity contribution < 1.29 is 14.1 Å². The van der Waals surface area contributed by atoms with Gasteiger partial charge in [0.1, 0.15) is 16.9 Å². The first kappa shape index (κ1) is 14.2. The summed E-state index contributed by atoms with van der Waals surface area (Å²) < 4.78 is 10.6. The maximum atomic E-state index is 12.0. The molecule has 1 saturated heterocycles. The number of carbonyl (C=O) groups is 1. The predicted octanol–water partition coefficient (Wildman–Crippen LogP) is 1.45. The van der Waals surface area contributed by atoms with Gasteiger partial charge in [0.25, 0.3) is 0 Å². The van der Waals surface area contributed by atoms with Crippen molar-refractivity contribution in [1.29, 1.82) is 0 Å². The molecule has 7 nitrogen and oxygen atoms in total. The Balaban J connectivity index is 1.53. The third-order valence-corrected chi connectivity index (χ3v) is 4.01. The van der Waals surface area contributed by atoms with E-state index in [1.54, 1.807) is 30.5 Å². The third kappa shape index (κ3) is 3.66. The van der Waals surface area contributed by atoms with Gasteiger partial charge in [-0.2, -0.15) is 0 Å². The second kappa shape index (κ2) is 6.33. The molecule has 2 aromatic heterocycles. The van der Waals surface area contributed by atoms with Gasteiger partial charge in [0, 0.05) is 30.7 Å². The molecule has 1 aliphatic rings. The number of rotatable bonds is 4. The number of amides is 1. The molecule has 3 rings (SSSR count).